The van der Waals surface area contributed by atoms with Gasteiger partial charge in [0, 0.05) is 7.05 Å². The van der Waals surface area contributed by atoms with Crippen LogP contribution in [0, 0.1) is 12.3 Å². The fraction of sp³-hybridized carbons (Fsp3) is 0.417. The van der Waals surface area contributed by atoms with Gasteiger partial charge in [0.1, 0.15) is 5.75 Å². The molecule has 0 amide bonds. The molecule has 180 valence electrons. The lowest BCUT2D eigenvalue weighted by atomic mass is 10.2. The molecule has 0 aliphatic carbocycles. The van der Waals surface area contributed by atoms with E-state index in [1.807, 2.05) is 7.05 Å². The molecule has 0 bridgehead atoms. The first kappa shape index (κ1) is 26.6. The summed E-state index contributed by atoms with van der Waals surface area (Å²) in [4.78, 5) is 1.89. The highest BCUT2D eigenvalue weighted by Crippen LogP contribution is 2.31. The third-order valence-corrected chi connectivity index (χ3v) is 6.90. The number of terminal acetylenes is 1. The number of rotatable bonds is 12. The lowest BCUT2D eigenvalue weighted by Gasteiger charge is -2.20. The van der Waals surface area contributed by atoms with Crippen molar-refractivity contribution in [2.75, 3.05) is 38.1 Å². The van der Waals surface area contributed by atoms with E-state index in [2.05, 4.69) is 10.8 Å². The number of halogens is 3. The predicted molar refractivity (Wildman–Crippen MR) is 124 cm³/mol. The van der Waals surface area contributed by atoms with Crippen molar-refractivity contribution in [3.63, 3.8) is 0 Å². The van der Waals surface area contributed by atoms with Crippen LogP contribution >= 0.6 is 0 Å². The molecule has 0 saturated carbocycles. The van der Waals surface area contributed by atoms with E-state index in [-0.39, 0.29) is 4.90 Å². The van der Waals surface area contributed by atoms with E-state index >= 15 is 0 Å². The van der Waals surface area contributed by atoms with Crippen LogP contribution in [-0.4, -0.2) is 47.1 Å². The minimum Gasteiger partial charge on any atom is -0.494 e. The predicted octanol–water partition coefficient (Wildman–Crippen LogP) is 5.03. The molecule has 33 heavy (non-hydrogen) atoms. The molecular formula is C24H29F3N2O3S. The first-order valence-electron chi connectivity index (χ1n) is 10.6. The van der Waals surface area contributed by atoms with Crippen molar-refractivity contribution in [3.8, 4) is 18.1 Å². The van der Waals surface area contributed by atoms with Crippen LogP contribution in [-0.2, 0) is 16.2 Å². The van der Waals surface area contributed by atoms with Gasteiger partial charge >= 0.3 is 6.18 Å². The third kappa shape index (κ3) is 7.98. The SMILES string of the molecule is C#CCN(C)CCCCCCOc1ccc(N(C)S(=O)(=O)c2ccc(C(F)(F)F)cc2)cc1. The van der Waals surface area contributed by atoms with E-state index < -0.39 is 21.8 Å². The van der Waals surface area contributed by atoms with Gasteiger partial charge in [-0.25, -0.2) is 8.42 Å². The number of sulfonamides is 1. The molecule has 0 heterocycles. The zero-order chi connectivity index (χ0) is 24.5. The Morgan fingerprint density at radius 1 is 0.939 bits per heavy atom. The molecule has 0 aliphatic heterocycles. The topological polar surface area (TPSA) is 49.9 Å². The van der Waals surface area contributed by atoms with Crippen molar-refractivity contribution in [3.05, 3.63) is 54.1 Å². The highest BCUT2D eigenvalue weighted by atomic mass is 32.2. The molecule has 0 fully saturated rings. The second-order valence-corrected chi connectivity index (χ2v) is 9.66. The van der Waals surface area contributed by atoms with E-state index in [9.17, 15) is 21.6 Å². The largest absolute Gasteiger partial charge is 0.494 e. The Kier molecular flexibility index (Phi) is 9.62. The molecule has 0 saturated heterocycles. The molecule has 0 N–H and O–H groups in total. The molecule has 5 nitrogen and oxygen atoms in total. The summed E-state index contributed by atoms with van der Waals surface area (Å²) in [6, 6.07) is 9.96. The summed E-state index contributed by atoms with van der Waals surface area (Å²) < 4.78 is 70.4. The first-order chi connectivity index (χ1) is 15.6. The first-order valence-corrected chi connectivity index (χ1v) is 12.0. The summed E-state index contributed by atoms with van der Waals surface area (Å²) in [6.45, 7) is 2.18. The van der Waals surface area contributed by atoms with E-state index in [4.69, 9.17) is 11.2 Å². The van der Waals surface area contributed by atoms with Crippen LogP contribution in [0.3, 0.4) is 0 Å². The number of anilines is 1. The molecule has 9 heteroatoms. The summed E-state index contributed by atoms with van der Waals surface area (Å²) in [7, 11) is -0.646. The normalized spacial score (nSPS) is 11.9. The number of alkyl halides is 3. The van der Waals surface area contributed by atoms with Crippen molar-refractivity contribution in [2.24, 2.45) is 0 Å². The van der Waals surface area contributed by atoms with Crippen LogP contribution in [0.25, 0.3) is 0 Å². The summed E-state index contributed by atoms with van der Waals surface area (Å²) in [5.74, 6) is 3.23. The van der Waals surface area contributed by atoms with Crippen molar-refractivity contribution in [2.45, 2.75) is 36.8 Å². The average molecular weight is 483 g/mol. The van der Waals surface area contributed by atoms with Gasteiger partial charge in [-0.15, -0.1) is 6.42 Å². The monoisotopic (exact) mass is 482 g/mol. The van der Waals surface area contributed by atoms with E-state index in [1.54, 1.807) is 24.3 Å². The van der Waals surface area contributed by atoms with Crippen molar-refractivity contribution >= 4 is 15.7 Å². The van der Waals surface area contributed by atoms with E-state index in [1.165, 1.54) is 7.05 Å². The quantitative estimate of drug-likeness (QED) is 0.314. The summed E-state index contributed by atoms with van der Waals surface area (Å²) in [5, 5.41) is 0. The second-order valence-electron chi connectivity index (χ2n) is 7.69. The summed E-state index contributed by atoms with van der Waals surface area (Å²) in [6.07, 6.45) is 4.85. The maximum absolute atomic E-state index is 12.8. The third-order valence-electron chi connectivity index (χ3n) is 5.10. The fourth-order valence-electron chi connectivity index (χ4n) is 3.13. The van der Waals surface area contributed by atoms with Crippen LogP contribution in [0.1, 0.15) is 31.2 Å². The maximum atomic E-state index is 12.8. The molecule has 0 atom stereocenters. The molecule has 0 spiro atoms. The van der Waals surface area contributed by atoms with Gasteiger partial charge in [0.05, 0.1) is 29.3 Å². The molecule has 0 aliphatic rings. The number of ether oxygens (including phenoxy) is 1. The minimum atomic E-state index is -4.52. The van der Waals surface area contributed by atoms with Crippen LogP contribution < -0.4 is 9.04 Å². The number of nitrogens with zero attached hydrogens (tertiary/aromatic N) is 2. The molecule has 2 rings (SSSR count). The lowest BCUT2D eigenvalue weighted by molar-refractivity contribution is -0.137. The Hall–Kier alpha value is -2.70. The number of hydrogen-bond donors (Lipinski definition) is 0. The molecule has 2 aromatic carbocycles. The van der Waals surface area contributed by atoms with Gasteiger partial charge in [-0.05, 0) is 75.0 Å². The Bertz CT molecular complexity index is 1010. The number of unbranched alkanes of at least 4 members (excludes halogenated alkanes) is 3. The zero-order valence-corrected chi connectivity index (χ0v) is 19.6. The fourth-order valence-corrected chi connectivity index (χ4v) is 4.32. The Morgan fingerprint density at radius 2 is 1.55 bits per heavy atom. The van der Waals surface area contributed by atoms with Gasteiger partial charge in [0.25, 0.3) is 10.0 Å². The second kappa shape index (κ2) is 12.0. The Morgan fingerprint density at radius 3 is 2.12 bits per heavy atom. The smallest absolute Gasteiger partial charge is 0.416 e. The number of benzene rings is 2. The van der Waals surface area contributed by atoms with Gasteiger partial charge in [-0.3, -0.25) is 9.21 Å². The van der Waals surface area contributed by atoms with Gasteiger partial charge in [-0.2, -0.15) is 13.2 Å². The maximum Gasteiger partial charge on any atom is 0.416 e. The highest BCUT2D eigenvalue weighted by molar-refractivity contribution is 7.92. The Labute approximate surface area is 194 Å². The zero-order valence-electron chi connectivity index (χ0n) is 18.8. The lowest BCUT2D eigenvalue weighted by Crippen LogP contribution is -2.26. The van der Waals surface area contributed by atoms with Gasteiger partial charge in [0.15, 0.2) is 0 Å². The molecule has 0 aromatic heterocycles. The Balaban J connectivity index is 1.84. The van der Waals surface area contributed by atoms with Crippen LogP contribution in [0.2, 0.25) is 0 Å². The van der Waals surface area contributed by atoms with E-state index in [0.717, 1.165) is 60.8 Å². The van der Waals surface area contributed by atoms with E-state index in [0.29, 0.717) is 24.6 Å². The van der Waals surface area contributed by atoms with Crippen LogP contribution in [0.15, 0.2) is 53.4 Å². The van der Waals surface area contributed by atoms with Gasteiger partial charge in [-0.1, -0.05) is 18.8 Å². The van der Waals surface area contributed by atoms with Crippen molar-refractivity contribution in [1.82, 2.24) is 4.90 Å². The molecule has 2 aromatic rings. The molecule has 0 radical (unpaired) electrons. The molecular weight excluding hydrogens is 453 g/mol. The summed E-state index contributed by atoms with van der Waals surface area (Å²) >= 11 is 0. The molecule has 0 unspecified atom stereocenters. The van der Waals surface area contributed by atoms with Crippen molar-refractivity contribution in [1.29, 1.82) is 0 Å². The van der Waals surface area contributed by atoms with Crippen LogP contribution in [0.5, 0.6) is 5.75 Å². The minimum absolute atomic E-state index is 0.219. The highest BCUT2D eigenvalue weighted by Gasteiger charge is 2.31. The van der Waals surface area contributed by atoms with Crippen LogP contribution in [0.4, 0.5) is 18.9 Å². The summed E-state index contributed by atoms with van der Waals surface area (Å²) in [5.41, 5.74) is -0.528. The van der Waals surface area contributed by atoms with Gasteiger partial charge < -0.3 is 4.74 Å². The number of hydrogen-bond acceptors (Lipinski definition) is 4. The average Bonchev–Trinajstić information content (AvgIpc) is 2.78. The standard InChI is InChI=1S/C24H29F3N2O3S/c1-4-17-28(2)18-7-5-6-8-19-32-22-13-11-21(12-14-22)29(3)33(30,31)23-15-9-20(10-16-23)24(25,26)27/h1,9-16H,5-8,17-19H2,2-3H3. The van der Waals surface area contributed by atoms with Crippen molar-refractivity contribution < 1.29 is 26.3 Å². The van der Waals surface area contributed by atoms with Gasteiger partial charge in [0.2, 0.25) is 0 Å².